The van der Waals surface area contributed by atoms with E-state index in [1.807, 2.05) is 4.98 Å². The van der Waals surface area contributed by atoms with E-state index in [1.165, 1.54) is 0 Å². The summed E-state index contributed by atoms with van der Waals surface area (Å²) in [6, 6.07) is 1.09. The first-order chi connectivity index (χ1) is 5.52. The number of hydrogen-bond donors (Lipinski definition) is 1. The SMILES string of the molecule is O=c1cc(Br)c(Cl)c(C(F)F)[nH]1. The summed E-state index contributed by atoms with van der Waals surface area (Å²) in [7, 11) is 0. The lowest BCUT2D eigenvalue weighted by Crippen LogP contribution is -2.08. The Hall–Kier alpha value is -0.420. The summed E-state index contributed by atoms with van der Waals surface area (Å²) in [6.45, 7) is 0. The number of aromatic nitrogens is 1. The van der Waals surface area contributed by atoms with E-state index in [-0.39, 0.29) is 9.50 Å². The van der Waals surface area contributed by atoms with Crippen LogP contribution in [0.3, 0.4) is 0 Å². The van der Waals surface area contributed by atoms with E-state index in [1.54, 1.807) is 0 Å². The zero-order valence-corrected chi connectivity index (χ0v) is 7.92. The highest BCUT2D eigenvalue weighted by Gasteiger charge is 2.15. The highest BCUT2D eigenvalue weighted by atomic mass is 79.9. The molecule has 0 saturated carbocycles. The van der Waals surface area contributed by atoms with Crippen LogP contribution in [0, 0.1) is 0 Å². The lowest BCUT2D eigenvalue weighted by Gasteiger charge is -2.02. The maximum atomic E-state index is 12.1. The van der Waals surface area contributed by atoms with Crippen molar-refractivity contribution in [1.29, 1.82) is 0 Å². The van der Waals surface area contributed by atoms with Crippen LogP contribution < -0.4 is 5.56 Å². The van der Waals surface area contributed by atoms with Crippen LogP contribution in [-0.4, -0.2) is 4.98 Å². The van der Waals surface area contributed by atoms with Crippen molar-refractivity contribution < 1.29 is 8.78 Å². The molecule has 0 fully saturated rings. The van der Waals surface area contributed by atoms with Gasteiger partial charge in [0.1, 0.15) is 5.69 Å². The van der Waals surface area contributed by atoms with Gasteiger partial charge in [-0.15, -0.1) is 0 Å². The average Bonchev–Trinajstić information content (AvgIpc) is 1.96. The Morgan fingerprint density at radius 1 is 1.58 bits per heavy atom. The number of H-pyrrole nitrogens is 1. The summed E-state index contributed by atoms with van der Waals surface area (Å²) in [5.74, 6) is 0. The molecule has 0 bridgehead atoms. The lowest BCUT2D eigenvalue weighted by molar-refractivity contribution is 0.146. The number of halogens is 4. The Bertz CT molecular complexity index is 352. The standard InChI is InChI=1S/C6H3BrClF2NO/c7-2-1-3(12)11-5(4(2)8)6(9)10/h1,6H,(H,11,12). The van der Waals surface area contributed by atoms with Crippen molar-refractivity contribution in [2.75, 3.05) is 0 Å². The highest BCUT2D eigenvalue weighted by Crippen LogP contribution is 2.29. The van der Waals surface area contributed by atoms with Gasteiger partial charge in [-0.2, -0.15) is 0 Å². The fourth-order valence-electron chi connectivity index (χ4n) is 0.681. The van der Waals surface area contributed by atoms with E-state index >= 15 is 0 Å². The molecule has 0 aromatic carbocycles. The van der Waals surface area contributed by atoms with Crippen LogP contribution in [0.5, 0.6) is 0 Å². The summed E-state index contributed by atoms with van der Waals surface area (Å²) in [6.07, 6.45) is -2.78. The van der Waals surface area contributed by atoms with E-state index in [9.17, 15) is 13.6 Å². The van der Waals surface area contributed by atoms with Crippen LogP contribution in [0.2, 0.25) is 5.02 Å². The van der Waals surface area contributed by atoms with Crippen LogP contribution in [0.25, 0.3) is 0 Å². The van der Waals surface area contributed by atoms with Gasteiger partial charge in [0.2, 0.25) is 5.56 Å². The molecule has 12 heavy (non-hydrogen) atoms. The van der Waals surface area contributed by atoms with Crippen LogP contribution in [0.4, 0.5) is 8.78 Å². The maximum Gasteiger partial charge on any atom is 0.279 e. The molecular weight excluding hydrogens is 255 g/mol. The topological polar surface area (TPSA) is 32.9 Å². The zero-order valence-electron chi connectivity index (χ0n) is 5.57. The van der Waals surface area contributed by atoms with Crippen molar-refractivity contribution in [2.45, 2.75) is 6.43 Å². The van der Waals surface area contributed by atoms with Gasteiger partial charge in [0.15, 0.2) is 0 Å². The average molecular weight is 258 g/mol. The normalized spacial score (nSPS) is 10.8. The number of aromatic amines is 1. The highest BCUT2D eigenvalue weighted by molar-refractivity contribution is 9.10. The molecule has 0 aliphatic heterocycles. The molecule has 1 heterocycles. The molecule has 1 aromatic rings. The fourth-order valence-corrected chi connectivity index (χ4v) is 1.29. The number of pyridine rings is 1. The molecule has 0 unspecified atom stereocenters. The Labute approximate surface area is 79.7 Å². The van der Waals surface area contributed by atoms with E-state index in [0.717, 1.165) is 6.07 Å². The van der Waals surface area contributed by atoms with Crippen molar-refractivity contribution in [3.8, 4) is 0 Å². The van der Waals surface area contributed by atoms with Gasteiger partial charge in [-0.3, -0.25) is 4.79 Å². The minimum absolute atomic E-state index is 0.162. The minimum Gasteiger partial charge on any atom is -0.320 e. The Morgan fingerprint density at radius 3 is 2.67 bits per heavy atom. The molecule has 0 radical (unpaired) electrons. The largest absolute Gasteiger partial charge is 0.320 e. The Kier molecular flexibility index (Phi) is 2.85. The van der Waals surface area contributed by atoms with Gasteiger partial charge in [0, 0.05) is 10.5 Å². The summed E-state index contributed by atoms with van der Waals surface area (Å²) in [5.41, 5.74) is -1.17. The van der Waals surface area contributed by atoms with Crippen LogP contribution in [0.1, 0.15) is 12.1 Å². The summed E-state index contributed by atoms with van der Waals surface area (Å²) < 4.78 is 24.4. The molecule has 0 saturated heterocycles. The van der Waals surface area contributed by atoms with Crippen molar-refractivity contribution in [3.63, 3.8) is 0 Å². The number of rotatable bonds is 1. The molecule has 1 aromatic heterocycles. The van der Waals surface area contributed by atoms with E-state index in [2.05, 4.69) is 15.9 Å². The number of hydrogen-bond acceptors (Lipinski definition) is 1. The number of nitrogens with one attached hydrogen (secondary N) is 1. The quantitative estimate of drug-likeness (QED) is 0.825. The zero-order chi connectivity index (χ0) is 9.30. The van der Waals surface area contributed by atoms with Gasteiger partial charge >= 0.3 is 0 Å². The first-order valence-electron chi connectivity index (χ1n) is 2.88. The molecule has 0 aliphatic rings. The van der Waals surface area contributed by atoms with Gasteiger partial charge in [-0.25, -0.2) is 8.78 Å². The van der Waals surface area contributed by atoms with Gasteiger partial charge in [0.05, 0.1) is 5.02 Å². The molecule has 1 rings (SSSR count). The first-order valence-corrected chi connectivity index (χ1v) is 4.06. The fraction of sp³-hybridized carbons (Fsp3) is 0.167. The molecule has 0 aliphatic carbocycles. The first kappa shape index (κ1) is 9.67. The van der Waals surface area contributed by atoms with Crippen molar-refractivity contribution in [1.82, 2.24) is 4.98 Å². The molecule has 0 atom stereocenters. The molecule has 1 N–H and O–H groups in total. The van der Waals surface area contributed by atoms with Crippen LogP contribution >= 0.6 is 27.5 Å². The second kappa shape index (κ2) is 3.53. The summed E-state index contributed by atoms with van der Waals surface area (Å²) >= 11 is 8.34. The minimum atomic E-state index is -2.78. The van der Waals surface area contributed by atoms with Gasteiger partial charge in [0.25, 0.3) is 6.43 Å². The van der Waals surface area contributed by atoms with E-state index < -0.39 is 17.7 Å². The lowest BCUT2D eigenvalue weighted by atomic mass is 10.3. The molecule has 6 heteroatoms. The van der Waals surface area contributed by atoms with Crippen molar-refractivity contribution in [2.24, 2.45) is 0 Å². The molecule has 66 valence electrons. The van der Waals surface area contributed by atoms with Crippen molar-refractivity contribution >= 4 is 27.5 Å². The van der Waals surface area contributed by atoms with E-state index in [4.69, 9.17) is 11.6 Å². The second-order valence-corrected chi connectivity index (χ2v) is 3.24. The van der Waals surface area contributed by atoms with Gasteiger partial charge in [-0.05, 0) is 15.9 Å². The third-order valence-corrected chi connectivity index (χ3v) is 2.44. The summed E-state index contributed by atoms with van der Waals surface area (Å²) in [4.78, 5) is 12.6. The number of alkyl halides is 2. The summed E-state index contributed by atoms with van der Waals surface area (Å²) in [5, 5.41) is -0.162. The predicted molar refractivity (Wildman–Crippen MR) is 44.7 cm³/mol. The van der Waals surface area contributed by atoms with Crippen LogP contribution in [0.15, 0.2) is 15.3 Å². The van der Waals surface area contributed by atoms with Gasteiger partial charge < -0.3 is 4.98 Å². The third-order valence-electron chi connectivity index (χ3n) is 1.18. The molecule has 0 amide bonds. The molecular formula is C6H3BrClF2NO. The maximum absolute atomic E-state index is 12.1. The Morgan fingerprint density at radius 2 is 2.17 bits per heavy atom. The van der Waals surface area contributed by atoms with Crippen molar-refractivity contribution in [3.05, 3.63) is 31.6 Å². The monoisotopic (exact) mass is 257 g/mol. The molecule has 0 spiro atoms. The Balaban J connectivity index is 3.38. The smallest absolute Gasteiger partial charge is 0.279 e. The third kappa shape index (κ3) is 1.84. The molecule has 2 nitrogen and oxygen atoms in total. The van der Waals surface area contributed by atoms with Gasteiger partial charge in [-0.1, -0.05) is 11.6 Å². The second-order valence-electron chi connectivity index (χ2n) is 2.01. The van der Waals surface area contributed by atoms with E-state index in [0.29, 0.717) is 0 Å². The predicted octanol–water partition coefficient (Wildman–Crippen LogP) is 2.73. The van der Waals surface area contributed by atoms with Crippen LogP contribution in [-0.2, 0) is 0 Å².